The number of anilines is 2. The van der Waals surface area contributed by atoms with Crippen LogP contribution in [-0.4, -0.2) is 47.8 Å². The van der Waals surface area contributed by atoms with Crippen molar-refractivity contribution in [1.82, 2.24) is 9.78 Å². The second kappa shape index (κ2) is 10.9. The third-order valence-electron chi connectivity index (χ3n) is 6.96. The smallest absolute Gasteiger partial charge is 0.359 e. The third kappa shape index (κ3) is 4.84. The molecule has 11 heteroatoms. The van der Waals surface area contributed by atoms with Crippen molar-refractivity contribution < 1.29 is 23.9 Å². The summed E-state index contributed by atoms with van der Waals surface area (Å²) in [6.07, 6.45) is 0.00962. The number of benzene rings is 2. The predicted molar refractivity (Wildman–Crippen MR) is 153 cm³/mol. The largest absolute Gasteiger partial charge is 0.495 e. The summed E-state index contributed by atoms with van der Waals surface area (Å²) in [6.45, 7) is 5.86. The summed E-state index contributed by atoms with van der Waals surface area (Å²) >= 11 is 1.12. The van der Waals surface area contributed by atoms with Crippen LogP contribution in [0.3, 0.4) is 0 Å². The number of methoxy groups -OCH3 is 1. The van der Waals surface area contributed by atoms with Crippen LogP contribution in [0.2, 0.25) is 0 Å². The maximum absolute atomic E-state index is 13.7. The average molecular weight is 561 g/mol. The SMILES string of the molecule is CCOC(=O)c1nn(-c2ccc(C)c(C)c2)c(=O)c2c(NC(=O)C3CC(=O)N(c4ccccc4OC)C3)scc12. The summed E-state index contributed by atoms with van der Waals surface area (Å²) < 4.78 is 11.8. The zero-order valence-corrected chi connectivity index (χ0v) is 23.3. The highest BCUT2D eigenvalue weighted by molar-refractivity contribution is 7.16. The van der Waals surface area contributed by atoms with Crippen molar-refractivity contribution in [2.75, 3.05) is 30.5 Å². The second-order valence-corrected chi connectivity index (χ2v) is 10.4. The lowest BCUT2D eigenvalue weighted by Crippen LogP contribution is -2.29. The first-order chi connectivity index (χ1) is 19.2. The molecule has 0 saturated carbocycles. The Balaban J connectivity index is 1.52. The van der Waals surface area contributed by atoms with Gasteiger partial charge >= 0.3 is 5.97 Å². The molecule has 206 valence electrons. The molecule has 1 saturated heterocycles. The zero-order chi connectivity index (χ0) is 28.6. The number of carbonyl (C=O) groups is 3. The van der Waals surface area contributed by atoms with Crippen molar-refractivity contribution in [1.29, 1.82) is 0 Å². The van der Waals surface area contributed by atoms with Crippen LogP contribution in [0, 0.1) is 19.8 Å². The molecule has 10 nitrogen and oxygen atoms in total. The fourth-order valence-corrected chi connectivity index (χ4v) is 5.65. The molecule has 2 aromatic heterocycles. The molecular formula is C29H28N4O6S. The van der Waals surface area contributed by atoms with Crippen molar-refractivity contribution >= 4 is 50.6 Å². The van der Waals surface area contributed by atoms with Gasteiger partial charge in [-0.15, -0.1) is 11.3 Å². The lowest BCUT2D eigenvalue weighted by molar-refractivity contribution is -0.122. The number of hydrogen-bond acceptors (Lipinski definition) is 8. The van der Waals surface area contributed by atoms with Gasteiger partial charge in [0.2, 0.25) is 11.8 Å². The highest BCUT2D eigenvalue weighted by Crippen LogP contribution is 2.35. The van der Waals surface area contributed by atoms with Crippen LogP contribution in [-0.2, 0) is 14.3 Å². The number of thiophene rings is 1. The van der Waals surface area contributed by atoms with E-state index in [9.17, 15) is 19.2 Å². The zero-order valence-electron chi connectivity index (χ0n) is 22.5. The van der Waals surface area contributed by atoms with E-state index in [1.165, 1.54) is 12.0 Å². The van der Waals surface area contributed by atoms with Gasteiger partial charge in [-0.3, -0.25) is 14.4 Å². The quantitative estimate of drug-likeness (QED) is 0.336. The van der Waals surface area contributed by atoms with Crippen molar-refractivity contribution in [2.24, 2.45) is 5.92 Å². The van der Waals surface area contributed by atoms with Gasteiger partial charge in [-0.05, 0) is 56.2 Å². The van der Waals surface area contributed by atoms with E-state index in [1.807, 2.05) is 26.0 Å². The molecule has 1 N–H and O–H groups in total. The molecule has 0 radical (unpaired) electrons. The average Bonchev–Trinajstić information content (AvgIpc) is 3.54. The number of amides is 2. The summed E-state index contributed by atoms with van der Waals surface area (Å²) in [6, 6.07) is 12.6. The van der Waals surface area contributed by atoms with Crippen molar-refractivity contribution in [3.05, 3.63) is 75.0 Å². The summed E-state index contributed by atoms with van der Waals surface area (Å²) in [4.78, 5) is 54.3. The van der Waals surface area contributed by atoms with E-state index in [-0.39, 0.29) is 41.6 Å². The monoisotopic (exact) mass is 560 g/mol. The van der Waals surface area contributed by atoms with Gasteiger partial charge in [0.25, 0.3) is 5.56 Å². The molecule has 2 amide bonds. The Kier molecular flexibility index (Phi) is 7.40. The van der Waals surface area contributed by atoms with Crippen LogP contribution in [0.5, 0.6) is 5.75 Å². The summed E-state index contributed by atoms with van der Waals surface area (Å²) in [5.41, 5.74) is 2.56. The second-order valence-electron chi connectivity index (χ2n) is 9.47. The van der Waals surface area contributed by atoms with Gasteiger partial charge in [-0.2, -0.15) is 9.78 Å². The van der Waals surface area contributed by atoms with Gasteiger partial charge in [0.15, 0.2) is 5.69 Å². The van der Waals surface area contributed by atoms with E-state index in [0.717, 1.165) is 27.1 Å². The molecule has 5 rings (SSSR count). The fraction of sp³-hybridized carbons (Fsp3) is 0.276. The number of nitrogens with one attached hydrogen (secondary N) is 1. The Morgan fingerprint density at radius 3 is 2.62 bits per heavy atom. The molecule has 0 bridgehead atoms. The number of carbonyl (C=O) groups excluding carboxylic acids is 3. The number of aromatic nitrogens is 2. The van der Waals surface area contributed by atoms with Crippen LogP contribution in [0.25, 0.3) is 16.5 Å². The highest BCUT2D eigenvalue weighted by Gasteiger charge is 2.37. The van der Waals surface area contributed by atoms with Gasteiger partial charge < -0.3 is 19.7 Å². The minimum Gasteiger partial charge on any atom is -0.495 e. The Morgan fingerprint density at radius 1 is 1.12 bits per heavy atom. The van der Waals surface area contributed by atoms with E-state index in [0.29, 0.717) is 22.5 Å². The molecule has 40 heavy (non-hydrogen) atoms. The highest BCUT2D eigenvalue weighted by atomic mass is 32.1. The molecule has 4 aromatic rings. The van der Waals surface area contributed by atoms with Crippen LogP contribution >= 0.6 is 11.3 Å². The maximum Gasteiger partial charge on any atom is 0.359 e. The lowest BCUT2D eigenvalue weighted by atomic mass is 10.1. The molecule has 1 aliphatic heterocycles. The van der Waals surface area contributed by atoms with Crippen LogP contribution in [0.4, 0.5) is 10.7 Å². The Labute approximate surface area is 234 Å². The van der Waals surface area contributed by atoms with E-state index < -0.39 is 23.4 Å². The first-order valence-electron chi connectivity index (χ1n) is 12.8. The Bertz CT molecular complexity index is 1710. The number of para-hydroxylation sites is 2. The molecular weight excluding hydrogens is 532 g/mol. The normalized spacial score (nSPS) is 14.9. The number of hydrogen-bond donors (Lipinski definition) is 1. The molecule has 2 aromatic carbocycles. The van der Waals surface area contributed by atoms with Crippen molar-refractivity contribution in [3.8, 4) is 11.4 Å². The standard InChI is InChI=1S/C29H28N4O6S/c1-5-39-29(37)25-20-15-40-27(24(20)28(36)33(31-25)19-11-10-16(2)17(3)12-19)30-26(35)18-13-23(34)32(14-18)21-8-6-7-9-22(21)38-4/h6-12,15,18H,5,13-14H2,1-4H3,(H,30,35). The summed E-state index contributed by atoms with van der Waals surface area (Å²) in [7, 11) is 1.52. The summed E-state index contributed by atoms with van der Waals surface area (Å²) in [5.74, 6) is -1.39. The van der Waals surface area contributed by atoms with Crippen LogP contribution in [0.1, 0.15) is 35.0 Å². The van der Waals surface area contributed by atoms with Crippen molar-refractivity contribution in [3.63, 3.8) is 0 Å². The summed E-state index contributed by atoms with van der Waals surface area (Å²) in [5, 5.41) is 9.53. The fourth-order valence-electron chi connectivity index (χ4n) is 4.71. The number of aryl methyl sites for hydroxylation is 2. The number of esters is 1. The van der Waals surface area contributed by atoms with Gasteiger partial charge in [0, 0.05) is 23.7 Å². The van der Waals surface area contributed by atoms with Crippen LogP contribution in [0.15, 0.2) is 52.6 Å². The first-order valence-corrected chi connectivity index (χ1v) is 13.6. The minimum atomic E-state index is -0.672. The van der Waals surface area contributed by atoms with E-state index in [1.54, 1.807) is 42.6 Å². The predicted octanol–water partition coefficient (Wildman–Crippen LogP) is 4.24. The number of ether oxygens (including phenoxy) is 2. The molecule has 1 fully saturated rings. The van der Waals surface area contributed by atoms with Crippen LogP contribution < -0.4 is 20.5 Å². The molecule has 1 aliphatic rings. The number of fused-ring (bicyclic) bond motifs is 1. The van der Waals surface area contributed by atoms with E-state index in [4.69, 9.17) is 9.47 Å². The van der Waals surface area contributed by atoms with E-state index >= 15 is 0 Å². The molecule has 0 aliphatic carbocycles. The van der Waals surface area contributed by atoms with Gasteiger partial charge in [-0.25, -0.2) is 4.79 Å². The minimum absolute atomic E-state index is 0.00962. The lowest BCUT2D eigenvalue weighted by Gasteiger charge is -2.19. The molecule has 1 unspecified atom stereocenters. The first kappa shape index (κ1) is 27.1. The Morgan fingerprint density at radius 2 is 1.90 bits per heavy atom. The molecule has 3 heterocycles. The van der Waals surface area contributed by atoms with Gasteiger partial charge in [0.1, 0.15) is 10.8 Å². The topological polar surface area (TPSA) is 120 Å². The van der Waals surface area contributed by atoms with Crippen molar-refractivity contribution in [2.45, 2.75) is 27.2 Å². The maximum atomic E-state index is 13.7. The number of rotatable bonds is 7. The third-order valence-corrected chi connectivity index (χ3v) is 7.86. The molecule has 1 atom stereocenters. The number of nitrogens with zero attached hydrogens (tertiary/aromatic N) is 3. The Hall–Kier alpha value is -4.51. The van der Waals surface area contributed by atoms with Gasteiger partial charge in [-0.1, -0.05) is 18.2 Å². The van der Waals surface area contributed by atoms with E-state index in [2.05, 4.69) is 10.4 Å². The molecule has 0 spiro atoms. The van der Waals surface area contributed by atoms with Gasteiger partial charge in [0.05, 0.1) is 36.4 Å².